The van der Waals surface area contributed by atoms with Crippen LogP contribution >= 0.6 is 11.8 Å². The SMILES string of the molecule is COc1ccc2nc(SCCCCC#N)[nH]c2c1. The third-order valence-electron chi connectivity index (χ3n) is 2.59. The standard InChI is InChI=1S/C13H15N3OS/c1-17-10-5-6-11-12(9-10)16-13(15-11)18-8-4-2-3-7-14/h5-6,9H,2-4,8H2,1H3,(H,15,16). The zero-order valence-electron chi connectivity index (χ0n) is 10.3. The Morgan fingerprint density at radius 3 is 3.11 bits per heavy atom. The Morgan fingerprint density at radius 1 is 1.44 bits per heavy atom. The quantitative estimate of drug-likeness (QED) is 0.639. The predicted octanol–water partition coefficient (Wildman–Crippen LogP) is 3.36. The highest BCUT2D eigenvalue weighted by molar-refractivity contribution is 7.99. The van der Waals surface area contributed by atoms with Crippen LogP contribution in [0.15, 0.2) is 23.4 Å². The lowest BCUT2D eigenvalue weighted by Gasteiger charge is -1.96. The predicted molar refractivity (Wildman–Crippen MR) is 72.8 cm³/mol. The summed E-state index contributed by atoms with van der Waals surface area (Å²) in [6, 6.07) is 7.96. The summed E-state index contributed by atoms with van der Waals surface area (Å²) in [7, 11) is 1.66. The number of aromatic nitrogens is 2. The second kappa shape index (κ2) is 6.31. The number of aromatic amines is 1. The summed E-state index contributed by atoms with van der Waals surface area (Å²) in [5.74, 6) is 1.82. The van der Waals surface area contributed by atoms with Crippen LogP contribution in [0.1, 0.15) is 19.3 Å². The highest BCUT2D eigenvalue weighted by Crippen LogP contribution is 2.23. The van der Waals surface area contributed by atoms with Gasteiger partial charge in [-0.2, -0.15) is 5.26 Å². The Morgan fingerprint density at radius 2 is 2.33 bits per heavy atom. The average molecular weight is 261 g/mol. The van der Waals surface area contributed by atoms with E-state index in [0.29, 0.717) is 6.42 Å². The molecule has 0 saturated heterocycles. The lowest BCUT2D eigenvalue weighted by molar-refractivity contribution is 0.415. The number of hydrogen-bond acceptors (Lipinski definition) is 4. The zero-order valence-corrected chi connectivity index (χ0v) is 11.1. The van der Waals surface area contributed by atoms with Gasteiger partial charge in [0.2, 0.25) is 0 Å². The molecule has 1 aromatic heterocycles. The average Bonchev–Trinajstić information content (AvgIpc) is 2.80. The first kappa shape index (κ1) is 12.8. The number of nitriles is 1. The third-order valence-corrected chi connectivity index (χ3v) is 3.55. The number of nitrogens with zero attached hydrogens (tertiary/aromatic N) is 2. The van der Waals surface area contributed by atoms with Crippen LogP contribution in [0.4, 0.5) is 0 Å². The van der Waals surface area contributed by atoms with Crippen LogP contribution in [0.2, 0.25) is 0 Å². The molecular weight excluding hydrogens is 246 g/mol. The highest BCUT2D eigenvalue weighted by Gasteiger charge is 2.04. The molecule has 0 amide bonds. The molecule has 2 rings (SSSR count). The number of unbranched alkanes of at least 4 members (excludes halogenated alkanes) is 2. The molecule has 0 spiro atoms. The molecule has 4 nitrogen and oxygen atoms in total. The summed E-state index contributed by atoms with van der Waals surface area (Å²) in [4.78, 5) is 7.76. The monoisotopic (exact) mass is 261 g/mol. The first-order valence-corrected chi connectivity index (χ1v) is 6.85. The molecule has 5 heteroatoms. The zero-order chi connectivity index (χ0) is 12.8. The number of thioether (sulfide) groups is 1. The van der Waals surface area contributed by atoms with E-state index in [2.05, 4.69) is 16.0 Å². The van der Waals surface area contributed by atoms with Crippen LogP contribution in [-0.2, 0) is 0 Å². The van der Waals surface area contributed by atoms with E-state index in [1.54, 1.807) is 18.9 Å². The molecule has 0 aliphatic rings. The van der Waals surface area contributed by atoms with Crippen molar-refractivity contribution in [3.05, 3.63) is 18.2 Å². The normalized spacial score (nSPS) is 10.4. The fraction of sp³-hybridized carbons (Fsp3) is 0.385. The number of imidazole rings is 1. The highest BCUT2D eigenvalue weighted by atomic mass is 32.2. The first-order valence-electron chi connectivity index (χ1n) is 5.87. The molecule has 1 heterocycles. The van der Waals surface area contributed by atoms with Gasteiger partial charge in [0.25, 0.3) is 0 Å². The Balaban J connectivity index is 1.95. The molecule has 2 aromatic rings. The van der Waals surface area contributed by atoms with E-state index in [0.717, 1.165) is 40.5 Å². The number of H-pyrrole nitrogens is 1. The maximum absolute atomic E-state index is 8.44. The molecule has 0 fully saturated rings. The lowest BCUT2D eigenvalue weighted by Crippen LogP contribution is -1.81. The minimum Gasteiger partial charge on any atom is -0.497 e. The number of nitrogens with one attached hydrogen (secondary N) is 1. The minimum atomic E-state index is 0.637. The van der Waals surface area contributed by atoms with Crippen molar-refractivity contribution in [1.29, 1.82) is 5.26 Å². The fourth-order valence-electron chi connectivity index (χ4n) is 1.64. The molecule has 0 radical (unpaired) electrons. The third kappa shape index (κ3) is 3.17. The van der Waals surface area contributed by atoms with E-state index in [-0.39, 0.29) is 0 Å². The van der Waals surface area contributed by atoms with E-state index in [1.807, 2.05) is 18.2 Å². The van der Waals surface area contributed by atoms with Gasteiger partial charge in [-0.25, -0.2) is 4.98 Å². The van der Waals surface area contributed by atoms with Crippen molar-refractivity contribution >= 4 is 22.8 Å². The molecule has 1 N–H and O–H groups in total. The molecule has 94 valence electrons. The molecule has 1 aromatic carbocycles. The van der Waals surface area contributed by atoms with Crippen molar-refractivity contribution in [3.63, 3.8) is 0 Å². The summed E-state index contributed by atoms with van der Waals surface area (Å²) >= 11 is 1.69. The second-order valence-corrected chi connectivity index (χ2v) is 4.97. The van der Waals surface area contributed by atoms with Gasteiger partial charge in [-0.05, 0) is 25.0 Å². The van der Waals surface area contributed by atoms with E-state index < -0.39 is 0 Å². The van der Waals surface area contributed by atoms with Gasteiger partial charge in [-0.3, -0.25) is 0 Å². The maximum atomic E-state index is 8.44. The van der Waals surface area contributed by atoms with E-state index in [1.165, 1.54) is 0 Å². The van der Waals surface area contributed by atoms with Gasteiger partial charge >= 0.3 is 0 Å². The van der Waals surface area contributed by atoms with E-state index in [4.69, 9.17) is 10.00 Å². The Bertz CT molecular complexity index is 559. The summed E-state index contributed by atoms with van der Waals surface area (Å²) in [5, 5.41) is 9.37. The Hall–Kier alpha value is -1.67. The molecule has 0 aliphatic carbocycles. The van der Waals surface area contributed by atoms with Crippen LogP contribution in [0.3, 0.4) is 0 Å². The van der Waals surface area contributed by atoms with Gasteiger partial charge in [0.1, 0.15) is 5.75 Å². The van der Waals surface area contributed by atoms with Crippen molar-refractivity contribution in [3.8, 4) is 11.8 Å². The van der Waals surface area contributed by atoms with Crippen LogP contribution < -0.4 is 4.74 Å². The van der Waals surface area contributed by atoms with Gasteiger partial charge in [0, 0.05) is 18.2 Å². The van der Waals surface area contributed by atoms with Crippen molar-refractivity contribution in [1.82, 2.24) is 9.97 Å². The Kier molecular flexibility index (Phi) is 4.48. The summed E-state index contributed by atoms with van der Waals surface area (Å²) in [6.07, 6.45) is 2.63. The van der Waals surface area contributed by atoms with Gasteiger partial charge in [-0.1, -0.05) is 11.8 Å². The lowest BCUT2D eigenvalue weighted by atomic mass is 10.3. The van der Waals surface area contributed by atoms with Crippen molar-refractivity contribution in [2.75, 3.05) is 12.9 Å². The fourth-order valence-corrected chi connectivity index (χ4v) is 2.52. The number of fused-ring (bicyclic) bond motifs is 1. The van der Waals surface area contributed by atoms with Gasteiger partial charge in [0.05, 0.1) is 24.2 Å². The molecule has 0 saturated carbocycles. The summed E-state index contributed by atoms with van der Waals surface area (Å²) in [6.45, 7) is 0. The summed E-state index contributed by atoms with van der Waals surface area (Å²) in [5.41, 5.74) is 1.95. The summed E-state index contributed by atoms with van der Waals surface area (Å²) < 4.78 is 5.17. The number of hydrogen-bond donors (Lipinski definition) is 1. The molecule has 0 aliphatic heterocycles. The topological polar surface area (TPSA) is 61.7 Å². The van der Waals surface area contributed by atoms with Crippen molar-refractivity contribution in [2.24, 2.45) is 0 Å². The molecular formula is C13H15N3OS. The van der Waals surface area contributed by atoms with E-state index in [9.17, 15) is 0 Å². The molecule has 0 atom stereocenters. The van der Waals surface area contributed by atoms with Gasteiger partial charge in [-0.15, -0.1) is 0 Å². The minimum absolute atomic E-state index is 0.637. The van der Waals surface area contributed by atoms with Crippen molar-refractivity contribution < 1.29 is 4.74 Å². The molecule has 18 heavy (non-hydrogen) atoms. The second-order valence-electron chi connectivity index (χ2n) is 3.89. The van der Waals surface area contributed by atoms with Crippen LogP contribution in [-0.4, -0.2) is 22.8 Å². The number of benzene rings is 1. The smallest absolute Gasteiger partial charge is 0.166 e. The van der Waals surface area contributed by atoms with Crippen LogP contribution in [0.25, 0.3) is 11.0 Å². The largest absolute Gasteiger partial charge is 0.497 e. The molecule has 0 bridgehead atoms. The number of rotatable bonds is 6. The Labute approximate surface area is 110 Å². The van der Waals surface area contributed by atoms with Gasteiger partial charge < -0.3 is 9.72 Å². The number of ether oxygens (including phenoxy) is 1. The van der Waals surface area contributed by atoms with Crippen LogP contribution in [0, 0.1) is 11.3 Å². The molecule has 0 unspecified atom stereocenters. The van der Waals surface area contributed by atoms with E-state index >= 15 is 0 Å². The van der Waals surface area contributed by atoms with Gasteiger partial charge in [0.15, 0.2) is 5.16 Å². The maximum Gasteiger partial charge on any atom is 0.166 e. The number of methoxy groups -OCH3 is 1. The first-order chi connectivity index (χ1) is 8.83. The van der Waals surface area contributed by atoms with Crippen molar-refractivity contribution in [2.45, 2.75) is 24.4 Å². The van der Waals surface area contributed by atoms with Crippen LogP contribution in [0.5, 0.6) is 5.75 Å².